The minimum Gasteiger partial charge on any atom is -0.494 e. The van der Waals surface area contributed by atoms with Gasteiger partial charge in [0.2, 0.25) is 0 Å². The molecule has 4 heterocycles. The topological polar surface area (TPSA) is 103 Å². The first-order chi connectivity index (χ1) is 13.6. The van der Waals surface area contributed by atoms with Gasteiger partial charge in [-0.05, 0) is 12.1 Å². The molecule has 4 aromatic rings. The molecule has 0 saturated heterocycles. The van der Waals surface area contributed by atoms with Crippen LogP contribution in [-0.2, 0) is 14.1 Å². The highest BCUT2D eigenvalue weighted by Gasteiger charge is 2.14. The van der Waals surface area contributed by atoms with Crippen LogP contribution in [0, 0.1) is 0 Å². The number of hydrogen-bond donors (Lipinski definition) is 2. The van der Waals surface area contributed by atoms with Crippen LogP contribution >= 0.6 is 0 Å². The molecule has 4 rings (SSSR count). The molecule has 0 aliphatic rings. The molecule has 0 aliphatic heterocycles. The number of aromatic amines is 1. The lowest BCUT2D eigenvalue weighted by Gasteiger charge is -2.06. The van der Waals surface area contributed by atoms with Gasteiger partial charge in [-0.3, -0.25) is 19.1 Å². The van der Waals surface area contributed by atoms with Gasteiger partial charge >= 0.3 is 0 Å². The molecule has 4 aromatic heterocycles. The van der Waals surface area contributed by atoms with Crippen LogP contribution in [0.4, 0.5) is 11.6 Å². The smallest absolute Gasteiger partial charge is 0.194 e. The molecule has 9 nitrogen and oxygen atoms in total. The SMILES string of the molecule is CC.COc1cccnc1-c1cc(Nc2cc(=O)c3cnn(C)c3[nH]2)n(C)n1.[HH]. The van der Waals surface area contributed by atoms with Crippen LogP contribution in [0.3, 0.4) is 0 Å². The summed E-state index contributed by atoms with van der Waals surface area (Å²) < 4.78 is 8.64. The largest absolute Gasteiger partial charge is 0.494 e. The third kappa shape index (κ3) is 3.46. The highest BCUT2D eigenvalue weighted by molar-refractivity contribution is 5.77. The van der Waals surface area contributed by atoms with Crippen LogP contribution < -0.4 is 15.5 Å². The van der Waals surface area contributed by atoms with E-state index < -0.39 is 0 Å². The molecule has 148 valence electrons. The first-order valence-corrected chi connectivity index (χ1v) is 8.92. The number of aryl methyl sites for hydroxylation is 2. The first-order valence-electron chi connectivity index (χ1n) is 8.92. The van der Waals surface area contributed by atoms with Crippen molar-refractivity contribution < 1.29 is 6.16 Å². The Morgan fingerprint density at radius 3 is 2.75 bits per heavy atom. The number of hydrogen-bond acceptors (Lipinski definition) is 6. The highest BCUT2D eigenvalue weighted by Crippen LogP contribution is 2.28. The zero-order valence-electron chi connectivity index (χ0n) is 16.5. The number of methoxy groups -OCH3 is 1. The quantitative estimate of drug-likeness (QED) is 0.561. The Labute approximate surface area is 163 Å². The van der Waals surface area contributed by atoms with Gasteiger partial charge in [0.05, 0.1) is 18.7 Å². The Hall–Kier alpha value is -3.62. The minimum absolute atomic E-state index is 0. The van der Waals surface area contributed by atoms with Gasteiger partial charge in [0.1, 0.15) is 34.4 Å². The maximum Gasteiger partial charge on any atom is 0.194 e. The number of fused-ring (bicyclic) bond motifs is 1. The summed E-state index contributed by atoms with van der Waals surface area (Å²) in [6.45, 7) is 4.00. The number of nitrogens with zero attached hydrogens (tertiary/aromatic N) is 5. The minimum atomic E-state index is -0.108. The molecule has 0 atom stereocenters. The van der Waals surface area contributed by atoms with Crippen LogP contribution in [0.5, 0.6) is 5.75 Å². The Bertz CT molecular complexity index is 1160. The van der Waals surface area contributed by atoms with Gasteiger partial charge in [-0.1, -0.05) is 13.8 Å². The molecule has 0 bridgehead atoms. The Balaban J connectivity index is 0.000000970. The molecule has 0 spiro atoms. The number of H-pyrrole nitrogens is 1. The van der Waals surface area contributed by atoms with E-state index in [9.17, 15) is 4.79 Å². The van der Waals surface area contributed by atoms with Crippen LogP contribution in [0.25, 0.3) is 22.4 Å². The molecule has 0 aliphatic carbocycles. The van der Waals surface area contributed by atoms with E-state index in [0.717, 1.165) is 0 Å². The van der Waals surface area contributed by atoms with E-state index in [1.54, 1.807) is 42.0 Å². The predicted molar refractivity (Wildman–Crippen MR) is 111 cm³/mol. The van der Waals surface area contributed by atoms with Gasteiger partial charge in [-0.2, -0.15) is 10.2 Å². The normalized spacial score (nSPS) is 10.5. The van der Waals surface area contributed by atoms with E-state index in [1.807, 2.05) is 33.0 Å². The summed E-state index contributed by atoms with van der Waals surface area (Å²) in [5.41, 5.74) is 1.85. The monoisotopic (exact) mass is 383 g/mol. The molecule has 0 unspecified atom stereocenters. The lowest BCUT2D eigenvalue weighted by molar-refractivity contribution is 0.414. The summed E-state index contributed by atoms with van der Waals surface area (Å²) in [5.74, 6) is 1.89. The van der Waals surface area contributed by atoms with Crippen molar-refractivity contribution in [2.24, 2.45) is 14.1 Å². The van der Waals surface area contributed by atoms with E-state index in [-0.39, 0.29) is 6.86 Å². The summed E-state index contributed by atoms with van der Waals surface area (Å²) in [4.78, 5) is 19.7. The van der Waals surface area contributed by atoms with Crippen molar-refractivity contribution in [1.29, 1.82) is 0 Å². The average molecular weight is 383 g/mol. The second-order valence-corrected chi connectivity index (χ2v) is 5.80. The van der Waals surface area contributed by atoms with Gasteiger partial charge < -0.3 is 15.0 Å². The van der Waals surface area contributed by atoms with Gasteiger partial charge in [-0.15, -0.1) is 0 Å². The number of nitrogens with one attached hydrogen (secondary N) is 2. The highest BCUT2D eigenvalue weighted by atomic mass is 16.5. The third-order valence-electron chi connectivity index (χ3n) is 4.11. The Kier molecular flexibility index (Phi) is 5.44. The Morgan fingerprint density at radius 1 is 1.21 bits per heavy atom. The molecular formula is C19H25N7O2. The fourth-order valence-corrected chi connectivity index (χ4v) is 2.79. The molecule has 9 heteroatoms. The third-order valence-corrected chi connectivity index (χ3v) is 4.11. The van der Waals surface area contributed by atoms with Crippen molar-refractivity contribution in [3.63, 3.8) is 0 Å². The lowest BCUT2D eigenvalue weighted by atomic mass is 10.2. The number of aromatic nitrogens is 6. The van der Waals surface area contributed by atoms with Crippen LogP contribution in [0.2, 0.25) is 0 Å². The lowest BCUT2D eigenvalue weighted by Crippen LogP contribution is -2.07. The Morgan fingerprint density at radius 2 is 2.00 bits per heavy atom. The van der Waals surface area contributed by atoms with E-state index in [0.29, 0.717) is 39.8 Å². The van der Waals surface area contributed by atoms with Gasteiger partial charge in [0.25, 0.3) is 0 Å². The van der Waals surface area contributed by atoms with E-state index in [1.165, 1.54) is 6.07 Å². The summed E-state index contributed by atoms with van der Waals surface area (Å²) in [7, 11) is 5.18. The zero-order valence-corrected chi connectivity index (χ0v) is 16.5. The average Bonchev–Trinajstić information content (AvgIpc) is 3.27. The van der Waals surface area contributed by atoms with E-state index >= 15 is 0 Å². The van der Waals surface area contributed by atoms with Gasteiger partial charge in [0, 0.05) is 33.9 Å². The number of rotatable bonds is 4. The van der Waals surface area contributed by atoms with E-state index in [4.69, 9.17) is 4.74 Å². The number of ether oxygens (including phenoxy) is 1. The predicted octanol–water partition coefficient (Wildman–Crippen LogP) is 3.08. The maximum absolute atomic E-state index is 12.2. The molecule has 0 radical (unpaired) electrons. The second kappa shape index (κ2) is 7.95. The summed E-state index contributed by atoms with van der Waals surface area (Å²) >= 11 is 0. The van der Waals surface area contributed by atoms with Crippen molar-refractivity contribution in [3.05, 3.63) is 46.9 Å². The van der Waals surface area contributed by atoms with Crippen molar-refractivity contribution in [2.75, 3.05) is 12.4 Å². The first kappa shape index (κ1) is 19.2. The summed E-state index contributed by atoms with van der Waals surface area (Å²) in [5, 5.41) is 12.3. The standard InChI is InChI=1S/C17H17N7O2.C2H6.H2/c1-23-15(7-11(22-23)16-13(26-3)5-4-6-18-16)20-14-8-12(25)10-9-19-24(2)17(10)21-14;1-2;/h4-9H,1-3H3,(H2,20,21,25);1-2H3;1H. The molecule has 28 heavy (non-hydrogen) atoms. The number of pyridine rings is 2. The molecule has 0 aromatic carbocycles. The molecule has 0 saturated carbocycles. The summed E-state index contributed by atoms with van der Waals surface area (Å²) in [6.07, 6.45) is 3.24. The van der Waals surface area contributed by atoms with Crippen molar-refractivity contribution in [3.8, 4) is 17.1 Å². The fraction of sp³-hybridized carbons (Fsp3) is 0.263. The van der Waals surface area contributed by atoms with E-state index in [2.05, 4.69) is 25.5 Å². The molecular weight excluding hydrogens is 358 g/mol. The fourth-order valence-electron chi connectivity index (χ4n) is 2.79. The van der Waals surface area contributed by atoms with Crippen molar-refractivity contribution in [1.82, 2.24) is 29.5 Å². The van der Waals surface area contributed by atoms with Gasteiger partial charge in [0.15, 0.2) is 5.43 Å². The van der Waals surface area contributed by atoms with Crippen LogP contribution in [0.15, 0.2) is 41.5 Å². The van der Waals surface area contributed by atoms with Gasteiger partial charge in [-0.25, -0.2) is 0 Å². The van der Waals surface area contributed by atoms with Crippen molar-refractivity contribution in [2.45, 2.75) is 13.8 Å². The zero-order chi connectivity index (χ0) is 20.3. The summed E-state index contributed by atoms with van der Waals surface area (Å²) in [6, 6.07) is 6.98. The maximum atomic E-state index is 12.2. The van der Waals surface area contributed by atoms with Crippen LogP contribution in [0.1, 0.15) is 15.3 Å². The van der Waals surface area contributed by atoms with Crippen LogP contribution in [-0.4, -0.2) is 36.6 Å². The molecule has 2 N–H and O–H groups in total. The number of anilines is 2. The second-order valence-electron chi connectivity index (χ2n) is 5.80. The van der Waals surface area contributed by atoms with Crippen molar-refractivity contribution >= 4 is 22.7 Å². The molecule has 0 fully saturated rings. The molecule has 0 amide bonds.